The van der Waals surface area contributed by atoms with Crippen molar-refractivity contribution in [3.05, 3.63) is 48.6 Å². The summed E-state index contributed by atoms with van der Waals surface area (Å²) in [4.78, 5) is 11.1. The normalized spacial score (nSPS) is 8.50. The van der Waals surface area contributed by atoms with Gasteiger partial charge in [0, 0.05) is 6.42 Å². The quantitative estimate of drug-likeness (QED) is 0.723. The van der Waals surface area contributed by atoms with Crippen molar-refractivity contribution >= 4 is 5.78 Å². The Labute approximate surface area is 97.2 Å². The SMILES string of the molecule is C=C.Cc1ccc(CCC(=O)CC#N)cc1. The van der Waals surface area contributed by atoms with Gasteiger partial charge in [0.25, 0.3) is 0 Å². The first-order valence-electron chi connectivity index (χ1n) is 5.16. The van der Waals surface area contributed by atoms with E-state index in [2.05, 4.69) is 13.2 Å². The van der Waals surface area contributed by atoms with Gasteiger partial charge in [0.1, 0.15) is 5.78 Å². The number of aryl methyl sites for hydroxylation is 2. The molecule has 84 valence electrons. The maximum atomic E-state index is 11.1. The van der Waals surface area contributed by atoms with Crippen LogP contribution in [0.25, 0.3) is 0 Å². The second kappa shape index (κ2) is 8.43. The van der Waals surface area contributed by atoms with Gasteiger partial charge in [-0.05, 0) is 18.9 Å². The molecular weight excluding hydrogens is 198 g/mol. The molecule has 0 fully saturated rings. The van der Waals surface area contributed by atoms with E-state index in [1.165, 1.54) is 5.56 Å². The largest absolute Gasteiger partial charge is 0.299 e. The number of hydrogen-bond donors (Lipinski definition) is 0. The molecular formula is C14H17NO. The number of carbonyl (C=O) groups excluding carboxylic acids is 1. The van der Waals surface area contributed by atoms with Gasteiger partial charge in [0.05, 0.1) is 12.5 Å². The fraction of sp³-hybridized carbons (Fsp3) is 0.286. The minimum absolute atomic E-state index is 0.0214. The molecule has 0 aliphatic carbocycles. The van der Waals surface area contributed by atoms with Crippen LogP contribution in [0.3, 0.4) is 0 Å². The molecule has 0 atom stereocenters. The van der Waals surface area contributed by atoms with Crippen molar-refractivity contribution in [3.8, 4) is 6.07 Å². The number of benzene rings is 1. The van der Waals surface area contributed by atoms with Crippen LogP contribution in [0.2, 0.25) is 0 Å². The highest BCUT2D eigenvalue weighted by molar-refractivity contribution is 5.80. The lowest BCUT2D eigenvalue weighted by Gasteiger charge is -1.99. The molecule has 0 aliphatic rings. The maximum Gasteiger partial charge on any atom is 0.147 e. The highest BCUT2D eigenvalue weighted by Crippen LogP contribution is 2.06. The number of nitrogens with zero attached hydrogens (tertiary/aromatic N) is 1. The zero-order valence-corrected chi connectivity index (χ0v) is 9.70. The first-order chi connectivity index (χ1) is 7.72. The molecule has 0 spiro atoms. The van der Waals surface area contributed by atoms with Crippen molar-refractivity contribution in [3.63, 3.8) is 0 Å². The fourth-order valence-electron chi connectivity index (χ4n) is 1.22. The molecule has 0 bridgehead atoms. The summed E-state index contributed by atoms with van der Waals surface area (Å²) in [6.45, 7) is 8.03. The second-order valence-electron chi connectivity index (χ2n) is 3.36. The molecule has 0 saturated heterocycles. The minimum Gasteiger partial charge on any atom is -0.299 e. The Hall–Kier alpha value is -1.88. The lowest BCUT2D eigenvalue weighted by Crippen LogP contribution is -1.98. The lowest BCUT2D eigenvalue weighted by molar-refractivity contribution is -0.118. The molecule has 2 heteroatoms. The number of ketones is 1. The van der Waals surface area contributed by atoms with E-state index < -0.39 is 0 Å². The predicted molar refractivity (Wildman–Crippen MR) is 66.0 cm³/mol. The Morgan fingerprint density at radius 2 is 1.88 bits per heavy atom. The fourth-order valence-corrected chi connectivity index (χ4v) is 1.22. The highest BCUT2D eigenvalue weighted by atomic mass is 16.1. The van der Waals surface area contributed by atoms with E-state index in [1.54, 1.807) is 0 Å². The average molecular weight is 215 g/mol. The Bertz CT molecular complexity index is 359. The van der Waals surface area contributed by atoms with Crippen molar-refractivity contribution in [2.75, 3.05) is 0 Å². The lowest BCUT2D eigenvalue weighted by atomic mass is 10.1. The van der Waals surface area contributed by atoms with E-state index >= 15 is 0 Å². The van der Waals surface area contributed by atoms with Gasteiger partial charge in [-0.25, -0.2) is 0 Å². The van der Waals surface area contributed by atoms with Gasteiger partial charge < -0.3 is 0 Å². The number of nitriles is 1. The Morgan fingerprint density at radius 3 is 2.38 bits per heavy atom. The van der Waals surface area contributed by atoms with E-state index in [0.717, 1.165) is 12.0 Å². The molecule has 1 aromatic carbocycles. The van der Waals surface area contributed by atoms with Gasteiger partial charge in [-0.2, -0.15) is 5.26 Å². The molecule has 0 saturated carbocycles. The molecule has 0 heterocycles. The van der Waals surface area contributed by atoms with E-state index in [0.29, 0.717) is 6.42 Å². The minimum atomic E-state index is 0.0214. The summed E-state index contributed by atoms with van der Waals surface area (Å²) in [6.07, 6.45) is 1.24. The Balaban J connectivity index is 0.00000106. The van der Waals surface area contributed by atoms with E-state index in [1.807, 2.05) is 37.3 Å². The molecule has 0 amide bonds. The third-order valence-electron chi connectivity index (χ3n) is 2.09. The van der Waals surface area contributed by atoms with Crippen LogP contribution in [-0.2, 0) is 11.2 Å². The average Bonchev–Trinajstić information content (AvgIpc) is 2.31. The van der Waals surface area contributed by atoms with Crippen LogP contribution < -0.4 is 0 Å². The molecule has 1 aromatic rings. The molecule has 0 aliphatic heterocycles. The standard InChI is InChI=1S/C12H13NO.C2H4/c1-10-2-4-11(5-3-10)6-7-12(14)8-9-13;1-2/h2-5H,6-8H2,1H3;1-2H2. The topological polar surface area (TPSA) is 40.9 Å². The number of hydrogen-bond acceptors (Lipinski definition) is 2. The van der Waals surface area contributed by atoms with E-state index in [9.17, 15) is 4.79 Å². The second-order valence-corrected chi connectivity index (χ2v) is 3.36. The number of carbonyl (C=O) groups is 1. The highest BCUT2D eigenvalue weighted by Gasteiger charge is 2.01. The summed E-state index contributed by atoms with van der Waals surface area (Å²) >= 11 is 0. The van der Waals surface area contributed by atoms with Crippen LogP contribution in [0.4, 0.5) is 0 Å². The van der Waals surface area contributed by atoms with Crippen molar-refractivity contribution < 1.29 is 4.79 Å². The van der Waals surface area contributed by atoms with Gasteiger partial charge in [0.2, 0.25) is 0 Å². The van der Waals surface area contributed by atoms with Gasteiger partial charge in [0.15, 0.2) is 0 Å². The Kier molecular flexibility index (Phi) is 7.44. The zero-order valence-electron chi connectivity index (χ0n) is 9.70. The smallest absolute Gasteiger partial charge is 0.147 e. The maximum absolute atomic E-state index is 11.1. The van der Waals surface area contributed by atoms with Gasteiger partial charge in [-0.15, -0.1) is 13.2 Å². The van der Waals surface area contributed by atoms with Gasteiger partial charge in [-0.3, -0.25) is 4.79 Å². The van der Waals surface area contributed by atoms with Gasteiger partial charge in [-0.1, -0.05) is 29.8 Å². The summed E-state index contributed by atoms with van der Waals surface area (Å²) in [5.41, 5.74) is 2.37. The molecule has 1 rings (SSSR count). The summed E-state index contributed by atoms with van der Waals surface area (Å²) in [5.74, 6) is 0.0214. The molecule has 0 aromatic heterocycles. The molecule has 0 unspecified atom stereocenters. The van der Waals surface area contributed by atoms with Crippen LogP contribution >= 0.6 is 0 Å². The number of rotatable bonds is 4. The van der Waals surface area contributed by atoms with Crippen molar-refractivity contribution in [1.29, 1.82) is 5.26 Å². The third-order valence-corrected chi connectivity index (χ3v) is 2.09. The van der Waals surface area contributed by atoms with E-state index in [4.69, 9.17) is 5.26 Å². The summed E-state index contributed by atoms with van der Waals surface area (Å²) in [7, 11) is 0. The monoisotopic (exact) mass is 215 g/mol. The first kappa shape index (κ1) is 14.1. The van der Waals surface area contributed by atoms with E-state index in [-0.39, 0.29) is 12.2 Å². The Morgan fingerprint density at radius 1 is 1.31 bits per heavy atom. The van der Waals surface area contributed by atoms with Crippen LogP contribution in [0.1, 0.15) is 24.0 Å². The number of Topliss-reactive ketones (excluding diaryl/α,β-unsaturated/α-hetero) is 1. The van der Waals surface area contributed by atoms with Crippen LogP contribution in [0.5, 0.6) is 0 Å². The van der Waals surface area contributed by atoms with Gasteiger partial charge >= 0.3 is 0 Å². The molecule has 0 N–H and O–H groups in total. The van der Waals surface area contributed by atoms with Crippen molar-refractivity contribution in [2.24, 2.45) is 0 Å². The first-order valence-corrected chi connectivity index (χ1v) is 5.16. The van der Waals surface area contributed by atoms with Crippen molar-refractivity contribution in [1.82, 2.24) is 0 Å². The summed E-state index contributed by atoms with van der Waals surface area (Å²) < 4.78 is 0. The summed E-state index contributed by atoms with van der Waals surface area (Å²) in [6, 6.07) is 9.97. The van der Waals surface area contributed by atoms with Crippen LogP contribution in [0, 0.1) is 18.3 Å². The summed E-state index contributed by atoms with van der Waals surface area (Å²) in [5, 5.41) is 8.30. The zero-order chi connectivity index (χ0) is 12.4. The third kappa shape index (κ3) is 5.77. The van der Waals surface area contributed by atoms with Crippen LogP contribution in [-0.4, -0.2) is 5.78 Å². The molecule has 2 nitrogen and oxygen atoms in total. The molecule has 0 radical (unpaired) electrons. The van der Waals surface area contributed by atoms with Crippen molar-refractivity contribution in [2.45, 2.75) is 26.2 Å². The molecule has 16 heavy (non-hydrogen) atoms. The van der Waals surface area contributed by atoms with Crippen LogP contribution in [0.15, 0.2) is 37.4 Å². The predicted octanol–water partition coefficient (Wildman–Crippen LogP) is 3.21.